The summed E-state index contributed by atoms with van der Waals surface area (Å²) in [5, 5.41) is 0. The van der Waals surface area contributed by atoms with Crippen LogP contribution in [0.15, 0.2) is 11.1 Å². The van der Waals surface area contributed by atoms with Gasteiger partial charge in [-0.05, 0) is 0 Å². The van der Waals surface area contributed by atoms with Crippen molar-refractivity contribution < 1.29 is 32.7 Å². The van der Waals surface area contributed by atoms with Gasteiger partial charge in [0.25, 0.3) is 0 Å². The molecule has 0 rings (SSSR count). The average Bonchev–Trinajstić information content (AvgIpc) is 1.64. The molecule has 0 aliphatic carbocycles. The zero-order valence-corrected chi connectivity index (χ0v) is 10.9. The van der Waals surface area contributed by atoms with Gasteiger partial charge in [0.2, 0.25) is 0 Å². The molecule has 0 nitrogen and oxygen atoms in total. The van der Waals surface area contributed by atoms with Crippen LogP contribution in [0.3, 0.4) is 0 Å². The topological polar surface area (TPSA) is 0 Å². The molecule has 0 aliphatic heterocycles. The number of hydrogen-bond donors (Lipinski definition) is 0. The summed E-state index contributed by atoms with van der Waals surface area (Å²) in [6.45, 7) is 10.7. The standard InChI is InChI=1S/C8H15.CH3.Y/c1-6(2)8(5)7(3)4;;/h1-5H3;1H3;/q2*-1;. The minimum absolute atomic E-state index is 0. The van der Waals surface area contributed by atoms with Crippen LogP contribution in [0, 0.1) is 13.3 Å². The van der Waals surface area contributed by atoms with Crippen LogP contribution in [0.2, 0.25) is 0 Å². The van der Waals surface area contributed by atoms with Gasteiger partial charge in [0.05, 0.1) is 0 Å². The van der Waals surface area contributed by atoms with Gasteiger partial charge in [-0.3, -0.25) is 0 Å². The molecule has 1 heteroatoms. The molecular formula is C9H18Y-2. The smallest absolute Gasteiger partial charge is 0 e. The van der Waals surface area contributed by atoms with Crippen LogP contribution < -0.4 is 0 Å². The molecule has 0 unspecified atom stereocenters. The predicted molar refractivity (Wildman–Crippen MR) is 45.1 cm³/mol. The van der Waals surface area contributed by atoms with E-state index < -0.39 is 0 Å². The van der Waals surface area contributed by atoms with E-state index in [4.69, 9.17) is 0 Å². The number of hydrogen-bond acceptors (Lipinski definition) is 0. The van der Waals surface area contributed by atoms with E-state index in [1.165, 1.54) is 17.1 Å². The Hall–Kier alpha value is 0.714. The van der Waals surface area contributed by atoms with Crippen LogP contribution in [0.25, 0.3) is 0 Å². The fraction of sp³-hybridized carbons (Fsp3) is 0.556. The molecule has 0 saturated heterocycles. The summed E-state index contributed by atoms with van der Waals surface area (Å²) in [6, 6.07) is 0. The Bertz CT molecular complexity index is 97.3. The quantitative estimate of drug-likeness (QED) is 0.588. The first-order valence-corrected chi connectivity index (χ1v) is 3.00. The molecule has 0 fully saturated rings. The fourth-order valence-corrected chi connectivity index (χ4v) is 0.500. The van der Waals surface area contributed by atoms with Gasteiger partial charge >= 0.3 is 0 Å². The van der Waals surface area contributed by atoms with Gasteiger partial charge in [-0.15, -0.1) is 27.7 Å². The molecular weight excluding hydrogens is 197 g/mol. The third kappa shape index (κ3) is 6.83. The van der Waals surface area contributed by atoms with Crippen LogP contribution in [0.5, 0.6) is 0 Å². The van der Waals surface area contributed by atoms with E-state index in [9.17, 15) is 0 Å². The van der Waals surface area contributed by atoms with Crippen molar-refractivity contribution in [2.24, 2.45) is 0 Å². The molecule has 0 atom stereocenters. The molecule has 0 N–H and O–H groups in total. The molecule has 0 aliphatic rings. The monoisotopic (exact) mass is 215 g/mol. The summed E-state index contributed by atoms with van der Waals surface area (Å²) in [7, 11) is 0. The van der Waals surface area contributed by atoms with Crippen molar-refractivity contribution in [3.63, 3.8) is 0 Å². The Balaban J connectivity index is -0.000000245. The third-order valence-corrected chi connectivity index (χ3v) is 1.50. The van der Waals surface area contributed by atoms with Gasteiger partial charge in [0.1, 0.15) is 0 Å². The molecule has 0 aromatic carbocycles. The van der Waals surface area contributed by atoms with E-state index in [0.717, 1.165) is 0 Å². The first-order valence-electron chi connectivity index (χ1n) is 3.00. The summed E-state index contributed by atoms with van der Waals surface area (Å²) >= 11 is 0. The summed E-state index contributed by atoms with van der Waals surface area (Å²) in [4.78, 5) is 0. The SMILES string of the molecule is CC(C)=C(C)[C-](C)C.[CH3-].[Y]. The first kappa shape index (κ1) is 17.0. The molecule has 0 spiro atoms. The van der Waals surface area contributed by atoms with Gasteiger partial charge in [-0.25, -0.2) is 17.1 Å². The Morgan fingerprint density at radius 2 is 1.30 bits per heavy atom. The van der Waals surface area contributed by atoms with E-state index in [0.29, 0.717) is 0 Å². The van der Waals surface area contributed by atoms with Crippen molar-refractivity contribution >= 4 is 0 Å². The van der Waals surface area contributed by atoms with Crippen LogP contribution in [-0.2, 0) is 32.7 Å². The van der Waals surface area contributed by atoms with E-state index in [2.05, 4.69) is 34.6 Å². The van der Waals surface area contributed by atoms with Crippen LogP contribution in [0.4, 0.5) is 0 Å². The Morgan fingerprint density at radius 1 is 1.00 bits per heavy atom. The molecule has 0 saturated carbocycles. The molecule has 0 bridgehead atoms. The van der Waals surface area contributed by atoms with Crippen molar-refractivity contribution in [2.75, 3.05) is 0 Å². The zero-order chi connectivity index (χ0) is 6.73. The maximum Gasteiger partial charge on any atom is 0 e. The van der Waals surface area contributed by atoms with Crippen LogP contribution in [0.1, 0.15) is 34.6 Å². The summed E-state index contributed by atoms with van der Waals surface area (Å²) in [5.74, 6) is 1.42. The summed E-state index contributed by atoms with van der Waals surface area (Å²) in [6.07, 6.45) is 0. The van der Waals surface area contributed by atoms with Crippen molar-refractivity contribution in [1.82, 2.24) is 0 Å². The molecule has 1 radical (unpaired) electrons. The minimum atomic E-state index is 0. The van der Waals surface area contributed by atoms with E-state index in [1.54, 1.807) is 0 Å². The van der Waals surface area contributed by atoms with Crippen molar-refractivity contribution in [1.29, 1.82) is 0 Å². The summed E-state index contributed by atoms with van der Waals surface area (Å²) in [5.41, 5.74) is 2.86. The molecule has 0 aromatic heterocycles. The molecule has 0 aromatic rings. The molecule has 0 amide bonds. The predicted octanol–water partition coefficient (Wildman–Crippen LogP) is 3.40. The minimum Gasteiger partial charge on any atom is -0.358 e. The van der Waals surface area contributed by atoms with Gasteiger partial charge in [-0.1, -0.05) is 6.92 Å². The fourth-order valence-electron chi connectivity index (χ4n) is 0.500. The second-order valence-corrected chi connectivity index (χ2v) is 2.62. The second kappa shape index (κ2) is 7.82. The van der Waals surface area contributed by atoms with E-state index in [1.807, 2.05) is 0 Å². The van der Waals surface area contributed by atoms with E-state index in [-0.39, 0.29) is 40.1 Å². The van der Waals surface area contributed by atoms with Crippen LogP contribution >= 0.6 is 0 Å². The van der Waals surface area contributed by atoms with E-state index >= 15 is 0 Å². The second-order valence-electron chi connectivity index (χ2n) is 2.62. The van der Waals surface area contributed by atoms with Crippen molar-refractivity contribution in [3.8, 4) is 0 Å². The summed E-state index contributed by atoms with van der Waals surface area (Å²) < 4.78 is 0. The van der Waals surface area contributed by atoms with Gasteiger partial charge in [0, 0.05) is 32.7 Å². The number of allylic oxidation sites excluding steroid dienone is 2. The third-order valence-electron chi connectivity index (χ3n) is 1.50. The normalized spacial score (nSPS) is 6.90. The molecule has 10 heavy (non-hydrogen) atoms. The number of rotatable bonds is 1. The molecule has 59 valence electrons. The maximum absolute atomic E-state index is 2.16. The van der Waals surface area contributed by atoms with Gasteiger partial charge < -0.3 is 7.43 Å². The average molecular weight is 215 g/mol. The van der Waals surface area contributed by atoms with Crippen molar-refractivity contribution in [3.05, 3.63) is 24.5 Å². The first-order chi connectivity index (χ1) is 3.55. The van der Waals surface area contributed by atoms with Gasteiger partial charge in [0.15, 0.2) is 0 Å². The Morgan fingerprint density at radius 3 is 1.30 bits per heavy atom. The van der Waals surface area contributed by atoms with Gasteiger partial charge in [-0.2, -0.15) is 0 Å². The zero-order valence-electron chi connectivity index (χ0n) is 8.08. The maximum atomic E-state index is 2.16. The Kier molecular flexibility index (Phi) is 13.3. The van der Waals surface area contributed by atoms with Crippen LogP contribution in [-0.4, -0.2) is 0 Å². The Labute approximate surface area is 91.4 Å². The van der Waals surface area contributed by atoms with Crippen molar-refractivity contribution in [2.45, 2.75) is 34.6 Å². The molecule has 0 heterocycles. The largest absolute Gasteiger partial charge is 0.358 e.